The maximum atomic E-state index is 13.2. The van der Waals surface area contributed by atoms with Crippen molar-refractivity contribution >= 4 is 17.5 Å². The fourth-order valence-corrected chi connectivity index (χ4v) is 2.84. The molecule has 2 aromatic carbocycles. The Hall–Kier alpha value is -3.13. The molecule has 0 heterocycles. The average molecular weight is 403 g/mol. The lowest BCUT2D eigenvalue weighted by molar-refractivity contribution is -0.131. The van der Waals surface area contributed by atoms with E-state index in [2.05, 4.69) is 5.32 Å². The number of halogens is 1. The van der Waals surface area contributed by atoms with Gasteiger partial charge in [0.2, 0.25) is 11.8 Å². The first-order chi connectivity index (χ1) is 13.8. The van der Waals surface area contributed by atoms with Gasteiger partial charge < -0.3 is 19.7 Å². The molecule has 0 spiro atoms. The molecule has 0 saturated carbocycles. The summed E-state index contributed by atoms with van der Waals surface area (Å²) in [6, 6.07) is 11.1. The second-order valence-corrected chi connectivity index (χ2v) is 6.63. The van der Waals surface area contributed by atoms with Crippen LogP contribution in [0.2, 0.25) is 0 Å². The summed E-state index contributed by atoms with van der Waals surface area (Å²) in [7, 11) is 6.46. The average Bonchev–Trinajstić information content (AvgIpc) is 2.67. The molecule has 0 fully saturated rings. The molecule has 0 radical (unpaired) electrons. The number of methoxy groups -OCH3 is 2. The largest absolute Gasteiger partial charge is 0.493 e. The van der Waals surface area contributed by atoms with Crippen molar-refractivity contribution in [2.75, 3.05) is 46.7 Å². The summed E-state index contributed by atoms with van der Waals surface area (Å²) in [5.41, 5.74) is 1.19. The van der Waals surface area contributed by atoms with Crippen LogP contribution in [0.25, 0.3) is 0 Å². The number of anilines is 1. The summed E-state index contributed by atoms with van der Waals surface area (Å²) < 4.78 is 23.9. The van der Waals surface area contributed by atoms with E-state index in [9.17, 15) is 14.0 Å². The van der Waals surface area contributed by atoms with E-state index >= 15 is 0 Å². The zero-order valence-corrected chi connectivity index (χ0v) is 17.1. The van der Waals surface area contributed by atoms with Gasteiger partial charge in [0.15, 0.2) is 11.5 Å². The summed E-state index contributed by atoms with van der Waals surface area (Å²) in [4.78, 5) is 27.8. The highest BCUT2D eigenvalue weighted by molar-refractivity contribution is 5.92. The Bertz CT molecular complexity index is 860. The zero-order chi connectivity index (χ0) is 21.4. The minimum atomic E-state index is -0.430. The summed E-state index contributed by atoms with van der Waals surface area (Å²) in [5.74, 6) is 0.259. The van der Waals surface area contributed by atoms with Crippen molar-refractivity contribution in [2.24, 2.45) is 0 Å². The topological polar surface area (TPSA) is 71.1 Å². The summed E-state index contributed by atoms with van der Waals surface area (Å²) in [6.07, 6.45) is 0. The van der Waals surface area contributed by atoms with Crippen molar-refractivity contribution in [3.8, 4) is 11.5 Å². The Morgan fingerprint density at radius 1 is 1.03 bits per heavy atom. The molecule has 7 nitrogen and oxygen atoms in total. The minimum absolute atomic E-state index is 0.00141. The molecular weight excluding hydrogens is 377 g/mol. The molecule has 2 rings (SSSR count). The van der Waals surface area contributed by atoms with Gasteiger partial charge in [0, 0.05) is 24.8 Å². The molecule has 0 aromatic heterocycles. The van der Waals surface area contributed by atoms with Crippen molar-refractivity contribution in [1.29, 1.82) is 0 Å². The number of carbonyl (C=O) groups excluding carboxylic acids is 2. The lowest BCUT2D eigenvalue weighted by Gasteiger charge is -2.23. The van der Waals surface area contributed by atoms with Crippen LogP contribution in [0.4, 0.5) is 10.1 Å². The van der Waals surface area contributed by atoms with Gasteiger partial charge in [-0.2, -0.15) is 0 Å². The minimum Gasteiger partial charge on any atom is -0.493 e. The maximum Gasteiger partial charge on any atom is 0.238 e. The number of para-hydroxylation sites is 1. The van der Waals surface area contributed by atoms with Crippen molar-refractivity contribution in [3.05, 3.63) is 53.8 Å². The van der Waals surface area contributed by atoms with Crippen LogP contribution in [-0.2, 0) is 16.1 Å². The summed E-state index contributed by atoms with van der Waals surface area (Å²) >= 11 is 0. The number of ether oxygens (including phenoxy) is 2. The van der Waals surface area contributed by atoms with Gasteiger partial charge in [-0.15, -0.1) is 0 Å². The van der Waals surface area contributed by atoms with Gasteiger partial charge in [0.05, 0.1) is 27.3 Å². The second kappa shape index (κ2) is 10.4. The van der Waals surface area contributed by atoms with Gasteiger partial charge in [-0.3, -0.25) is 14.5 Å². The Morgan fingerprint density at radius 2 is 1.76 bits per heavy atom. The van der Waals surface area contributed by atoms with Crippen LogP contribution in [0.1, 0.15) is 5.56 Å². The van der Waals surface area contributed by atoms with E-state index in [4.69, 9.17) is 9.47 Å². The molecule has 29 heavy (non-hydrogen) atoms. The molecule has 2 amide bonds. The first-order valence-electron chi connectivity index (χ1n) is 9.01. The highest BCUT2D eigenvalue weighted by Crippen LogP contribution is 2.31. The Balaban J connectivity index is 1.89. The number of likely N-dealkylation sites (N-methyl/N-ethyl adjacent to an activating group) is 2. The van der Waals surface area contributed by atoms with Gasteiger partial charge in [-0.25, -0.2) is 4.39 Å². The van der Waals surface area contributed by atoms with E-state index in [0.29, 0.717) is 23.7 Å². The van der Waals surface area contributed by atoms with E-state index in [-0.39, 0.29) is 24.9 Å². The highest BCUT2D eigenvalue weighted by atomic mass is 19.1. The van der Waals surface area contributed by atoms with Gasteiger partial charge >= 0.3 is 0 Å². The standard InChI is InChI=1S/C21H26FN3O4/c1-24(13-19(26)23-17-9-6-8-16(22)11-17)14-20(27)25(2)12-15-7-5-10-18(28-3)21(15)29-4/h5-11H,12-14H2,1-4H3,(H,23,26). The van der Waals surface area contributed by atoms with Crippen LogP contribution in [0.15, 0.2) is 42.5 Å². The van der Waals surface area contributed by atoms with E-state index < -0.39 is 5.82 Å². The van der Waals surface area contributed by atoms with Crippen molar-refractivity contribution in [2.45, 2.75) is 6.54 Å². The fraction of sp³-hybridized carbons (Fsp3) is 0.333. The molecule has 156 valence electrons. The monoisotopic (exact) mass is 403 g/mol. The van der Waals surface area contributed by atoms with E-state index in [0.717, 1.165) is 5.56 Å². The third-order valence-electron chi connectivity index (χ3n) is 4.24. The molecule has 0 unspecified atom stereocenters. The fourth-order valence-electron chi connectivity index (χ4n) is 2.84. The van der Waals surface area contributed by atoms with Crippen LogP contribution in [-0.4, -0.2) is 63.0 Å². The quantitative estimate of drug-likeness (QED) is 0.696. The molecule has 0 aliphatic rings. The first-order valence-corrected chi connectivity index (χ1v) is 9.01. The molecule has 2 aromatic rings. The van der Waals surface area contributed by atoms with E-state index in [1.54, 1.807) is 50.2 Å². The predicted molar refractivity (Wildman–Crippen MR) is 109 cm³/mol. The Labute approximate surface area is 170 Å². The zero-order valence-electron chi connectivity index (χ0n) is 17.1. The highest BCUT2D eigenvalue weighted by Gasteiger charge is 2.17. The summed E-state index contributed by atoms with van der Waals surface area (Å²) in [5, 5.41) is 2.61. The Morgan fingerprint density at radius 3 is 2.41 bits per heavy atom. The number of hydrogen-bond donors (Lipinski definition) is 1. The number of hydrogen-bond acceptors (Lipinski definition) is 5. The maximum absolute atomic E-state index is 13.2. The number of carbonyl (C=O) groups is 2. The van der Waals surface area contributed by atoms with Crippen LogP contribution in [0.3, 0.4) is 0 Å². The van der Waals surface area contributed by atoms with E-state index in [1.807, 2.05) is 12.1 Å². The van der Waals surface area contributed by atoms with Crippen LogP contribution < -0.4 is 14.8 Å². The van der Waals surface area contributed by atoms with Crippen LogP contribution in [0.5, 0.6) is 11.5 Å². The number of nitrogens with zero attached hydrogens (tertiary/aromatic N) is 2. The first kappa shape index (κ1) is 22.2. The van der Waals surface area contributed by atoms with Gasteiger partial charge in [-0.05, 0) is 31.3 Å². The molecule has 0 aliphatic carbocycles. The third-order valence-corrected chi connectivity index (χ3v) is 4.24. The molecule has 8 heteroatoms. The van der Waals surface area contributed by atoms with Gasteiger partial charge in [-0.1, -0.05) is 18.2 Å². The van der Waals surface area contributed by atoms with E-state index in [1.165, 1.54) is 18.2 Å². The predicted octanol–water partition coefficient (Wildman–Crippen LogP) is 2.37. The smallest absolute Gasteiger partial charge is 0.238 e. The third kappa shape index (κ3) is 6.46. The molecule has 0 aliphatic heterocycles. The van der Waals surface area contributed by atoms with Crippen LogP contribution >= 0.6 is 0 Å². The molecule has 0 bridgehead atoms. The Kier molecular flexibility index (Phi) is 7.97. The number of amides is 2. The van der Waals surface area contributed by atoms with Crippen LogP contribution in [0, 0.1) is 5.82 Å². The second-order valence-electron chi connectivity index (χ2n) is 6.63. The lowest BCUT2D eigenvalue weighted by atomic mass is 10.1. The normalized spacial score (nSPS) is 10.6. The number of rotatable bonds is 9. The van der Waals surface area contributed by atoms with Gasteiger partial charge in [0.1, 0.15) is 5.82 Å². The molecule has 0 atom stereocenters. The van der Waals surface area contributed by atoms with Crippen molar-refractivity contribution in [1.82, 2.24) is 9.80 Å². The van der Waals surface area contributed by atoms with Gasteiger partial charge in [0.25, 0.3) is 0 Å². The molecule has 0 saturated heterocycles. The number of nitrogens with one attached hydrogen (secondary N) is 1. The van der Waals surface area contributed by atoms with Crippen molar-refractivity contribution < 1.29 is 23.5 Å². The molecular formula is C21H26FN3O4. The summed E-state index contributed by atoms with van der Waals surface area (Å²) in [6.45, 7) is 0.389. The van der Waals surface area contributed by atoms with Crippen molar-refractivity contribution in [3.63, 3.8) is 0 Å². The molecule has 1 N–H and O–H groups in total. The lowest BCUT2D eigenvalue weighted by Crippen LogP contribution is -2.39. The number of benzene rings is 2. The SMILES string of the molecule is COc1cccc(CN(C)C(=O)CN(C)CC(=O)Nc2cccc(F)c2)c1OC.